The van der Waals surface area contributed by atoms with Crippen LogP contribution in [-0.2, 0) is 15.6 Å². The molecule has 0 saturated heterocycles. The Labute approximate surface area is 137 Å². The van der Waals surface area contributed by atoms with Gasteiger partial charge in [0, 0.05) is 4.88 Å². The van der Waals surface area contributed by atoms with E-state index in [2.05, 4.69) is 4.39 Å². The summed E-state index contributed by atoms with van der Waals surface area (Å²) in [7, 11) is -5.92. The third-order valence-corrected chi connectivity index (χ3v) is 14.0. The van der Waals surface area contributed by atoms with Crippen LogP contribution in [-0.4, -0.2) is 21.8 Å². The van der Waals surface area contributed by atoms with E-state index in [1.165, 1.54) is 6.07 Å². The fourth-order valence-electron chi connectivity index (χ4n) is 1.37. The molecule has 0 saturated carbocycles. The average Bonchev–Trinajstić information content (AvgIpc) is 2.56. The van der Waals surface area contributed by atoms with E-state index in [0.29, 0.717) is 4.88 Å². The molecule has 0 radical (unpaired) electrons. The van der Waals surface area contributed by atoms with Crippen LogP contribution in [0.1, 0.15) is 39.5 Å². The van der Waals surface area contributed by atoms with Gasteiger partial charge in [0.15, 0.2) is 4.21 Å². The number of thiophene rings is 1. The molecule has 1 heterocycles. The predicted molar refractivity (Wildman–Crippen MR) is 92.1 cm³/mol. The highest BCUT2D eigenvalue weighted by molar-refractivity contribution is 7.93. The molecular formula is C13H24ClNO3S2Si. The van der Waals surface area contributed by atoms with E-state index in [9.17, 15) is 13.5 Å². The highest BCUT2D eigenvalue weighted by atomic mass is 35.5. The van der Waals surface area contributed by atoms with Gasteiger partial charge in [0.2, 0.25) is 10.0 Å². The smallest absolute Gasteiger partial charge is 0.245 e. The Kier molecular flexibility index (Phi) is 5.11. The molecular weight excluding hydrogens is 346 g/mol. The van der Waals surface area contributed by atoms with Gasteiger partial charge in [-0.2, -0.15) is 0 Å². The third kappa shape index (κ3) is 4.30. The van der Waals surface area contributed by atoms with Crippen LogP contribution in [0.4, 0.5) is 0 Å². The van der Waals surface area contributed by atoms with Gasteiger partial charge >= 0.3 is 0 Å². The Balaban J connectivity index is 3.25. The molecule has 21 heavy (non-hydrogen) atoms. The molecule has 0 aromatic carbocycles. The van der Waals surface area contributed by atoms with E-state index in [-0.39, 0.29) is 14.3 Å². The lowest BCUT2D eigenvalue weighted by Gasteiger charge is -2.36. The Hall–Kier alpha value is 0.0769. The molecule has 0 bridgehead atoms. The molecule has 4 nitrogen and oxygen atoms in total. The van der Waals surface area contributed by atoms with Gasteiger partial charge in [-0.25, -0.2) is 12.8 Å². The Morgan fingerprint density at radius 3 is 2.05 bits per heavy atom. The second-order valence-corrected chi connectivity index (χ2v) is 16.0. The molecule has 0 amide bonds. The van der Waals surface area contributed by atoms with Crippen LogP contribution in [0.5, 0.6) is 0 Å². The molecule has 0 spiro atoms. The molecule has 1 aromatic heterocycles. The molecule has 122 valence electrons. The number of hydrogen-bond acceptors (Lipinski definition) is 4. The van der Waals surface area contributed by atoms with Crippen molar-refractivity contribution in [2.24, 2.45) is 0 Å². The summed E-state index contributed by atoms with van der Waals surface area (Å²) in [6.45, 7) is 13.2. The van der Waals surface area contributed by atoms with E-state index >= 15 is 0 Å². The Morgan fingerprint density at radius 1 is 1.24 bits per heavy atom. The van der Waals surface area contributed by atoms with E-state index in [4.69, 9.17) is 11.6 Å². The van der Waals surface area contributed by atoms with Crippen molar-refractivity contribution in [2.45, 2.75) is 62.6 Å². The molecule has 0 fully saturated rings. The van der Waals surface area contributed by atoms with Gasteiger partial charge < -0.3 is 5.11 Å². The van der Waals surface area contributed by atoms with Crippen molar-refractivity contribution in [3.05, 3.63) is 16.0 Å². The summed E-state index contributed by atoms with van der Waals surface area (Å²) in [6, 6.07) is 1.52. The van der Waals surface area contributed by atoms with Gasteiger partial charge in [-0.05, 0) is 25.0 Å². The van der Waals surface area contributed by atoms with Crippen LogP contribution in [0, 0.1) is 0 Å². The van der Waals surface area contributed by atoms with Crippen LogP contribution in [0.25, 0.3) is 0 Å². The fourth-order valence-corrected chi connectivity index (χ4v) is 8.43. The monoisotopic (exact) mass is 369 g/mol. The number of sulfonamides is 1. The van der Waals surface area contributed by atoms with E-state index in [1.807, 2.05) is 33.9 Å². The first kappa shape index (κ1) is 19.1. The van der Waals surface area contributed by atoms with Crippen LogP contribution in [0.2, 0.25) is 23.2 Å². The summed E-state index contributed by atoms with van der Waals surface area (Å²) in [5.41, 5.74) is -1.11. The zero-order valence-corrected chi connectivity index (χ0v) is 16.9. The van der Waals surface area contributed by atoms with Crippen molar-refractivity contribution < 1.29 is 13.5 Å². The summed E-state index contributed by atoms with van der Waals surface area (Å²) in [5, 5.41) is 10.0. The van der Waals surface area contributed by atoms with E-state index in [1.54, 1.807) is 13.8 Å². The normalized spacial score (nSPS) is 14.5. The van der Waals surface area contributed by atoms with Crippen LogP contribution < -0.4 is 4.39 Å². The van der Waals surface area contributed by atoms with E-state index < -0.39 is 23.9 Å². The molecule has 1 rings (SSSR count). The lowest BCUT2D eigenvalue weighted by molar-refractivity contribution is 0.0825. The largest absolute Gasteiger partial charge is 0.385 e. The minimum atomic E-state index is -3.68. The van der Waals surface area contributed by atoms with Gasteiger partial charge in [-0.3, -0.25) is 0 Å². The Bertz CT molecular complexity index is 625. The molecule has 1 aromatic rings. The van der Waals surface area contributed by atoms with Crippen molar-refractivity contribution in [1.29, 1.82) is 0 Å². The second kappa shape index (κ2) is 5.61. The van der Waals surface area contributed by atoms with Gasteiger partial charge in [-0.1, -0.05) is 45.5 Å². The van der Waals surface area contributed by atoms with Gasteiger partial charge in [-0.15, -0.1) is 11.3 Å². The summed E-state index contributed by atoms with van der Waals surface area (Å²) >= 11 is 7.09. The van der Waals surface area contributed by atoms with Crippen molar-refractivity contribution in [1.82, 2.24) is 4.39 Å². The van der Waals surface area contributed by atoms with Crippen LogP contribution in [0.3, 0.4) is 0 Å². The van der Waals surface area contributed by atoms with Crippen LogP contribution in [0.15, 0.2) is 10.3 Å². The maximum absolute atomic E-state index is 12.6. The standard InChI is InChI=1S/C13H24ClNO3S2Si/c1-12(2,3)21(6,7)15-20(17,18)11-9(14)8-10(19-11)13(4,5)16/h8,15-16H,1-7H3. The zero-order valence-electron chi connectivity index (χ0n) is 13.5. The van der Waals surface area contributed by atoms with Gasteiger partial charge in [0.05, 0.1) is 10.6 Å². The molecule has 0 atom stereocenters. The number of nitrogens with one attached hydrogen (secondary N) is 1. The second-order valence-electron chi connectivity index (χ2n) is 7.29. The average molecular weight is 370 g/mol. The molecule has 0 aliphatic rings. The minimum Gasteiger partial charge on any atom is -0.385 e. The molecule has 8 heteroatoms. The maximum Gasteiger partial charge on any atom is 0.245 e. The van der Waals surface area contributed by atoms with Crippen molar-refractivity contribution in [3.8, 4) is 0 Å². The SMILES string of the molecule is CC(C)(O)c1cc(Cl)c(S(=O)(=O)N[Si](C)(C)C(C)(C)C)s1. The Morgan fingerprint density at radius 2 is 1.71 bits per heavy atom. The first-order valence-corrected chi connectivity index (χ1v) is 12.3. The van der Waals surface area contributed by atoms with E-state index in [0.717, 1.165) is 11.3 Å². The van der Waals surface area contributed by atoms with Gasteiger partial charge in [0.1, 0.15) is 8.24 Å². The lowest BCUT2D eigenvalue weighted by atomic mass is 10.1. The first-order chi connectivity index (χ1) is 9.08. The van der Waals surface area contributed by atoms with Crippen LogP contribution >= 0.6 is 22.9 Å². The summed E-state index contributed by atoms with van der Waals surface area (Å²) < 4.78 is 28.2. The summed E-state index contributed by atoms with van der Waals surface area (Å²) in [5.74, 6) is 0. The highest BCUT2D eigenvalue weighted by Crippen LogP contribution is 2.39. The minimum absolute atomic E-state index is 0.0751. The number of rotatable bonds is 4. The number of halogens is 1. The molecule has 2 N–H and O–H groups in total. The molecule has 0 aliphatic carbocycles. The van der Waals surface area contributed by atoms with Crippen molar-refractivity contribution >= 4 is 41.2 Å². The highest BCUT2D eigenvalue weighted by Gasteiger charge is 2.40. The zero-order chi connectivity index (χ0) is 16.9. The summed E-state index contributed by atoms with van der Waals surface area (Å²) in [4.78, 5) is 0.531. The van der Waals surface area contributed by atoms with Crippen molar-refractivity contribution in [3.63, 3.8) is 0 Å². The maximum atomic E-state index is 12.6. The van der Waals surface area contributed by atoms with Gasteiger partial charge in [0.25, 0.3) is 0 Å². The number of hydrogen-bond donors (Lipinski definition) is 2. The quantitative estimate of drug-likeness (QED) is 0.790. The molecule has 0 unspecified atom stereocenters. The topological polar surface area (TPSA) is 66.4 Å². The van der Waals surface area contributed by atoms with Crippen molar-refractivity contribution in [2.75, 3.05) is 0 Å². The lowest BCUT2D eigenvalue weighted by Crippen LogP contribution is -2.54. The first-order valence-electron chi connectivity index (χ1n) is 6.64. The number of aliphatic hydroxyl groups is 1. The molecule has 0 aliphatic heterocycles. The fraction of sp³-hybridized carbons (Fsp3) is 0.692. The predicted octanol–water partition coefficient (Wildman–Crippen LogP) is 3.91. The third-order valence-electron chi connectivity index (χ3n) is 3.77. The summed E-state index contributed by atoms with van der Waals surface area (Å²) in [6.07, 6.45) is 0.